The Labute approximate surface area is 464 Å². The predicted octanol–water partition coefficient (Wildman–Crippen LogP) is 24.3. The highest BCUT2D eigenvalue weighted by molar-refractivity contribution is 6.23. The van der Waals surface area contributed by atoms with Crippen LogP contribution in [0.5, 0.6) is 0 Å². The summed E-state index contributed by atoms with van der Waals surface area (Å²) < 4.78 is 0. The molecule has 0 aliphatic heterocycles. The molecule has 2 nitrogen and oxygen atoms in total. The lowest BCUT2D eigenvalue weighted by Gasteiger charge is -2.35. The van der Waals surface area contributed by atoms with Crippen LogP contribution in [0, 0.1) is 0 Å². The van der Waals surface area contributed by atoms with E-state index in [1.807, 2.05) is 0 Å². The maximum absolute atomic E-state index is 2.73. The Bertz CT molecular complexity index is 2820. The number of rotatable bonds is 22. The van der Waals surface area contributed by atoms with E-state index in [2.05, 4.69) is 257 Å². The highest BCUT2D eigenvalue weighted by atomic mass is 15.2. The number of fused-ring (bicyclic) bond motifs is 2. The number of hydrogen-bond donors (Lipinski definition) is 0. The maximum atomic E-state index is 2.73. The Kier molecular flexibility index (Phi) is 19.2. The molecular formula is C74H100N2. The topological polar surface area (TPSA) is 6.48 Å². The Morgan fingerprint density at radius 2 is 0.513 bits per heavy atom. The summed E-state index contributed by atoms with van der Waals surface area (Å²) in [5.74, 6) is 3.35. The quantitative estimate of drug-likeness (QED) is 0.0493. The summed E-state index contributed by atoms with van der Waals surface area (Å²) in [6.45, 7) is 45.3. The lowest BCUT2D eigenvalue weighted by atomic mass is 9.84. The van der Waals surface area contributed by atoms with Crippen molar-refractivity contribution in [1.29, 1.82) is 0 Å². The molecule has 406 valence electrons. The van der Waals surface area contributed by atoms with Gasteiger partial charge in [-0.1, -0.05) is 192 Å². The second-order valence-corrected chi connectivity index (χ2v) is 24.8. The fourth-order valence-corrected chi connectivity index (χ4v) is 11.2. The first-order valence-electron chi connectivity index (χ1n) is 30.4. The summed E-state index contributed by atoms with van der Waals surface area (Å²) in [5.41, 5.74) is 20.1. The number of anilines is 6. The minimum Gasteiger partial charge on any atom is -0.309 e. The fourth-order valence-electron chi connectivity index (χ4n) is 11.2. The third-order valence-electron chi connectivity index (χ3n) is 18.6. The standard InChI is InChI=1S/C74H100N2/c1-20-47(9)55-34-56(48(10)21-2)39-64(38-55)75(65-40-57(49(11)22-3)35-58(41-65)50(12)23-4)72-68-30-28-29-31-69(68)73(71-46-63(74(17,18)19)32-33-70(71)72)76(66-42-59(51(13)24-5)36-60(43-66)52(14)25-6)67-44-61(53(15)26-7)37-62(45-67)54(16)27-8/h28-54H,20-27H2,1-19H3. The fraction of sp³-hybridized carbons (Fsp3) is 0.486. The minimum atomic E-state index is -0.0895. The average molecular weight is 1020 g/mol. The van der Waals surface area contributed by atoms with Crippen LogP contribution in [0.1, 0.15) is 280 Å². The molecule has 0 saturated carbocycles. The van der Waals surface area contributed by atoms with Crippen molar-refractivity contribution in [3.8, 4) is 0 Å². The van der Waals surface area contributed by atoms with E-state index in [1.54, 1.807) is 0 Å². The first-order chi connectivity index (χ1) is 36.2. The van der Waals surface area contributed by atoms with Gasteiger partial charge in [0, 0.05) is 44.3 Å². The molecule has 0 bridgehead atoms. The molecule has 76 heavy (non-hydrogen) atoms. The predicted molar refractivity (Wildman–Crippen MR) is 339 cm³/mol. The third-order valence-corrected chi connectivity index (χ3v) is 18.6. The highest BCUT2D eigenvalue weighted by Gasteiger charge is 2.30. The van der Waals surface area contributed by atoms with E-state index in [1.165, 1.54) is 106 Å². The number of benzene rings is 7. The summed E-state index contributed by atoms with van der Waals surface area (Å²) in [5, 5.41) is 5.08. The van der Waals surface area contributed by atoms with Crippen LogP contribution in [0.3, 0.4) is 0 Å². The Morgan fingerprint density at radius 3 is 0.737 bits per heavy atom. The normalized spacial score (nSPS) is 15.3. The molecule has 7 aromatic rings. The van der Waals surface area contributed by atoms with E-state index in [4.69, 9.17) is 0 Å². The van der Waals surface area contributed by atoms with Crippen LogP contribution in [0.2, 0.25) is 0 Å². The molecule has 8 atom stereocenters. The molecule has 7 aromatic carbocycles. The van der Waals surface area contributed by atoms with Gasteiger partial charge in [0.1, 0.15) is 0 Å². The van der Waals surface area contributed by atoms with Gasteiger partial charge in [-0.2, -0.15) is 0 Å². The Hall–Kier alpha value is -5.34. The first kappa shape index (κ1) is 58.3. The van der Waals surface area contributed by atoms with Crippen molar-refractivity contribution in [2.24, 2.45) is 0 Å². The smallest absolute Gasteiger partial charge is 0.0620 e. The second-order valence-electron chi connectivity index (χ2n) is 24.8. The van der Waals surface area contributed by atoms with Gasteiger partial charge in [-0.3, -0.25) is 0 Å². The molecule has 8 unspecified atom stereocenters. The van der Waals surface area contributed by atoms with E-state index in [0.29, 0.717) is 47.3 Å². The second kappa shape index (κ2) is 25.0. The summed E-state index contributed by atoms with van der Waals surface area (Å²) >= 11 is 0. The molecule has 7 rings (SSSR count). The van der Waals surface area contributed by atoms with Crippen LogP contribution in [0.15, 0.2) is 115 Å². The van der Waals surface area contributed by atoms with E-state index in [-0.39, 0.29) is 5.41 Å². The SMILES string of the molecule is CCC(C)c1cc(C(C)CC)cc(N(c2cc(C(C)CC)cc(C(C)CC)c2)c2c3ccccc3c(N(c3cc(C(C)CC)cc(C(C)CC)c3)c3cc(C(C)CC)cc(C(C)CC)c3)c3cc(C(C)(C)C)ccc23)c1. The summed E-state index contributed by atoms with van der Waals surface area (Å²) in [6, 6.07) is 47.6. The zero-order valence-corrected chi connectivity index (χ0v) is 51.1. The molecule has 2 heteroatoms. The van der Waals surface area contributed by atoms with Gasteiger partial charge in [0.25, 0.3) is 0 Å². The summed E-state index contributed by atoms with van der Waals surface area (Å²) in [7, 11) is 0. The van der Waals surface area contributed by atoms with Gasteiger partial charge in [0.15, 0.2) is 0 Å². The van der Waals surface area contributed by atoms with E-state index < -0.39 is 0 Å². The van der Waals surface area contributed by atoms with E-state index >= 15 is 0 Å². The van der Waals surface area contributed by atoms with Gasteiger partial charge < -0.3 is 9.80 Å². The maximum Gasteiger partial charge on any atom is 0.0620 e. The molecule has 0 N–H and O–H groups in total. The van der Waals surface area contributed by atoms with Crippen molar-refractivity contribution in [2.45, 2.75) is 236 Å². The largest absolute Gasteiger partial charge is 0.309 e. The molecule has 0 amide bonds. The molecular weight excluding hydrogens is 917 g/mol. The van der Waals surface area contributed by atoms with Gasteiger partial charge in [-0.05, 0) is 209 Å². The average Bonchev–Trinajstić information content (AvgIpc) is 3.47. The van der Waals surface area contributed by atoms with Gasteiger partial charge in [-0.25, -0.2) is 0 Å². The number of nitrogens with zero attached hydrogens (tertiary/aromatic N) is 2. The summed E-state index contributed by atoms with van der Waals surface area (Å²) in [6.07, 6.45) is 8.70. The van der Waals surface area contributed by atoms with Crippen LogP contribution < -0.4 is 9.80 Å². The van der Waals surface area contributed by atoms with Gasteiger partial charge in [0.05, 0.1) is 11.4 Å². The molecule has 0 aromatic heterocycles. The molecule has 0 aliphatic carbocycles. The monoisotopic (exact) mass is 1020 g/mol. The van der Waals surface area contributed by atoms with Gasteiger partial charge in [0.2, 0.25) is 0 Å². The van der Waals surface area contributed by atoms with Crippen LogP contribution in [-0.2, 0) is 5.41 Å². The van der Waals surface area contributed by atoms with Crippen molar-refractivity contribution in [1.82, 2.24) is 0 Å². The van der Waals surface area contributed by atoms with Crippen molar-refractivity contribution < 1.29 is 0 Å². The molecule has 0 heterocycles. The zero-order valence-electron chi connectivity index (χ0n) is 51.1. The van der Waals surface area contributed by atoms with Gasteiger partial charge in [-0.15, -0.1) is 0 Å². The van der Waals surface area contributed by atoms with E-state index in [0.717, 1.165) is 51.4 Å². The van der Waals surface area contributed by atoms with Crippen LogP contribution in [0.25, 0.3) is 21.5 Å². The first-order valence-corrected chi connectivity index (χ1v) is 30.4. The van der Waals surface area contributed by atoms with Crippen molar-refractivity contribution in [3.63, 3.8) is 0 Å². The summed E-state index contributed by atoms with van der Waals surface area (Å²) in [4.78, 5) is 5.45. The van der Waals surface area contributed by atoms with Gasteiger partial charge >= 0.3 is 0 Å². The van der Waals surface area contributed by atoms with Crippen LogP contribution in [0.4, 0.5) is 34.1 Å². The lowest BCUT2D eigenvalue weighted by molar-refractivity contribution is 0.591. The van der Waals surface area contributed by atoms with Crippen molar-refractivity contribution in [3.05, 3.63) is 165 Å². The molecule has 0 aliphatic rings. The Balaban J connectivity index is 1.78. The van der Waals surface area contributed by atoms with Crippen LogP contribution >= 0.6 is 0 Å². The third kappa shape index (κ3) is 12.2. The Morgan fingerprint density at radius 1 is 0.289 bits per heavy atom. The molecule has 0 radical (unpaired) electrons. The minimum absolute atomic E-state index is 0.0895. The van der Waals surface area contributed by atoms with E-state index in [9.17, 15) is 0 Å². The van der Waals surface area contributed by atoms with Crippen LogP contribution in [-0.4, -0.2) is 0 Å². The van der Waals surface area contributed by atoms with Crippen molar-refractivity contribution >= 4 is 55.7 Å². The highest BCUT2D eigenvalue weighted by Crippen LogP contribution is 2.54. The van der Waals surface area contributed by atoms with Crippen molar-refractivity contribution in [2.75, 3.05) is 9.80 Å². The molecule has 0 fully saturated rings. The molecule has 0 spiro atoms. The number of hydrogen-bond acceptors (Lipinski definition) is 2. The lowest BCUT2D eigenvalue weighted by Crippen LogP contribution is -2.18. The molecule has 0 saturated heterocycles. The zero-order chi connectivity index (χ0) is 55.3.